The molecule has 0 atom stereocenters. The number of hydrogen-bond acceptors (Lipinski definition) is 4. The van der Waals surface area contributed by atoms with Gasteiger partial charge in [-0.1, -0.05) is 11.6 Å². The molecule has 0 aliphatic heterocycles. The predicted octanol–water partition coefficient (Wildman–Crippen LogP) is 2.12. The lowest BCUT2D eigenvalue weighted by Crippen LogP contribution is -2.16. The minimum atomic E-state index is -4.76. The first-order valence-corrected chi connectivity index (χ1v) is 4.26. The minimum Gasteiger partial charge on any atom is -0.465 e. The number of hydrogen-bond donors (Lipinski definition) is 1. The van der Waals surface area contributed by atoms with E-state index in [2.05, 4.69) is 9.72 Å². The predicted molar refractivity (Wildman–Crippen MR) is 50.0 cm³/mol. The Hall–Kier alpha value is -1.50. The Labute approximate surface area is 93.2 Å². The quantitative estimate of drug-likeness (QED) is 0.780. The van der Waals surface area contributed by atoms with Crippen LogP contribution in [-0.4, -0.2) is 18.1 Å². The summed E-state index contributed by atoms with van der Waals surface area (Å²) in [5.74, 6) is -1.58. The number of methoxy groups -OCH3 is 1. The topological polar surface area (TPSA) is 65.2 Å². The molecular formula is C8H6ClF3N2O2. The maximum absolute atomic E-state index is 12.5. The van der Waals surface area contributed by atoms with Crippen LogP contribution in [0.2, 0.25) is 5.02 Å². The fourth-order valence-electron chi connectivity index (χ4n) is 1.02. The third kappa shape index (κ3) is 2.19. The average Bonchev–Trinajstić information content (AvgIpc) is 2.19. The normalized spacial score (nSPS) is 11.3. The Morgan fingerprint density at radius 3 is 2.56 bits per heavy atom. The van der Waals surface area contributed by atoms with Gasteiger partial charge >= 0.3 is 12.1 Å². The molecule has 0 bridgehead atoms. The fraction of sp³-hybridized carbons (Fsp3) is 0.250. The van der Waals surface area contributed by atoms with Crippen LogP contribution in [0.1, 0.15) is 15.9 Å². The van der Waals surface area contributed by atoms with Gasteiger partial charge in [0.25, 0.3) is 0 Å². The van der Waals surface area contributed by atoms with Crippen molar-refractivity contribution in [2.45, 2.75) is 6.18 Å². The molecule has 2 N–H and O–H groups in total. The highest BCUT2D eigenvalue weighted by atomic mass is 35.5. The number of nitrogens with zero attached hydrogens (tertiary/aromatic N) is 1. The Bertz CT molecular complexity index is 434. The molecule has 8 heteroatoms. The zero-order valence-electron chi connectivity index (χ0n) is 7.93. The summed E-state index contributed by atoms with van der Waals surface area (Å²) in [5.41, 5.74) is 3.10. The van der Waals surface area contributed by atoms with E-state index in [0.717, 1.165) is 7.11 Å². The van der Waals surface area contributed by atoms with Crippen LogP contribution in [0.5, 0.6) is 0 Å². The summed E-state index contributed by atoms with van der Waals surface area (Å²) >= 11 is 5.49. The van der Waals surface area contributed by atoms with Crippen LogP contribution in [0.25, 0.3) is 0 Å². The summed E-state index contributed by atoms with van der Waals surface area (Å²) in [6.45, 7) is 0. The number of ether oxygens (including phenoxy) is 1. The number of aromatic nitrogens is 1. The van der Waals surface area contributed by atoms with Crippen molar-refractivity contribution >= 4 is 23.4 Å². The summed E-state index contributed by atoms with van der Waals surface area (Å²) in [7, 11) is 0.940. The van der Waals surface area contributed by atoms with Crippen molar-refractivity contribution in [2.24, 2.45) is 0 Å². The lowest BCUT2D eigenvalue weighted by Gasteiger charge is -2.12. The molecule has 0 saturated carbocycles. The van der Waals surface area contributed by atoms with Gasteiger partial charge in [0.1, 0.15) is 5.82 Å². The third-order valence-electron chi connectivity index (χ3n) is 1.74. The minimum absolute atomic E-state index is 0.366. The second kappa shape index (κ2) is 4.17. The molecule has 16 heavy (non-hydrogen) atoms. The number of carbonyl (C=O) groups is 1. The summed E-state index contributed by atoms with van der Waals surface area (Å²) in [6.07, 6.45) is -4.32. The molecule has 0 radical (unpaired) electrons. The molecule has 0 aromatic carbocycles. The second-order valence-electron chi connectivity index (χ2n) is 2.74. The van der Waals surface area contributed by atoms with Gasteiger partial charge in [-0.15, -0.1) is 0 Å². The van der Waals surface area contributed by atoms with Crippen molar-refractivity contribution in [1.82, 2.24) is 4.98 Å². The third-order valence-corrected chi connectivity index (χ3v) is 2.12. The summed E-state index contributed by atoms with van der Waals surface area (Å²) in [5, 5.41) is -0.568. The van der Waals surface area contributed by atoms with Crippen molar-refractivity contribution in [3.63, 3.8) is 0 Å². The number of pyridine rings is 1. The highest BCUT2D eigenvalue weighted by Gasteiger charge is 2.38. The van der Waals surface area contributed by atoms with E-state index < -0.39 is 28.3 Å². The van der Waals surface area contributed by atoms with Crippen LogP contribution in [0.15, 0.2) is 6.20 Å². The molecule has 1 aromatic rings. The smallest absolute Gasteiger partial charge is 0.418 e. The number of anilines is 1. The van der Waals surface area contributed by atoms with Gasteiger partial charge in [-0.05, 0) is 0 Å². The van der Waals surface area contributed by atoms with Crippen LogP contribution in [0.4, 0.5) is 19.0 Å². The Morgan fingerprint density at radius 1 is 1.56 bits per heavy atom. The first kappa shape index (κ1) is 12.6. The summed E-state index contributed by atoms with van der Waals surface area (Å²) in [4.78, 5) is 14.4. The van der Waals surface area contributed by atoms with E-state index in [0.29, 0.717) is 6.20 Å². The van der Waals surface area contributed by atoms with E-state index in [4.69, 9.17) is 17.3 Å². The van der Waals surface area contributed by atoms with Gasteiger partial charge < -0.3 is 10.5 Å². The van der Waals surface area contributed by atoms with Crippen LogP contribution >= 0.6 is 11.6 Å². The first-order valence-electron chi connectivity index (χ1n) is 3.88. The van der Waals surface area contributed by atoms with Gasteiger partial charge in [-0.3, -0.25) is 0 Å². The van der Waals surface area contributed by atoms with Gasteiger partial charge in [0.15, 0.2) is 0 Å². The molecule has 0 saturated heterocycles. The van der Waals surface area contributed by atoms with Crippen LogP contribution in [-0.2, 0) is 10.9 Å². The molecule has 0 fully saturated rings. The van der Waals surface area contributed by atoms with E-state index >= 15 is 0 Å². The highest BCUT2D eigenvalue weighted by Crippen LogP contribution is 2.36. The molecule has 0 spiro atoms. The first-order chi connectivity index (χ1) is 7.29. The number of esters is 1. The molecule has 1 rings (SSSR count). The maximum Gasteiger partial charge on any atom is 0.418 e. The molecule has 0 amide bonds. The molecule has 1 aromatic heterocycles. The Balaban J connectivity index is 3.51. The standard InChI is InChI=1S/C8H6ClF3N2O2/c1-16-7(15)4-3(8(10,11)12)2-14-6(13)5(4)9/h2H,1H3,(H2,13,14). The van der Waals surface area contributed by atoms with E-state index in [1.165, 1.54) is 0 Å². The van der Waals surface area contributed by atoms with E-state index in [9.17, 15) is 18.0 Å². The van der Waals surface area contributed by atoms with Gasteiger partial charge in [-0.2, -0.15) is 13.2 Å². The number of nitrogen functional groups attached to an aromatic ring is 1. The molecule has 0 aliphatic carbocycles. The van der Waals surface area contributed by atoms with Gasteiger partial charge in [0.05, 0.1) is 23.3 Å². The Kier molecular flexibility index (Phi) is 3.27. The monoisotopic (exact) mass is 254 g/mol. The Morgan fingerprint density at radius 2 is 2.12 bits per heavy atom. The summed E-state index contributed by atoms with van der Waals surface area (Å²) in [6, 6.07) is 0. The SMILES string of the molecule is COC(=O)c1c(C(F)(F)F)cnc(N)c1Cl. The highest BCUT2D eigenvalue weighted by molar-refractivity contribution is 6.35. The number of alkyl halides is 3. The largest absolute Gasteiger partial charge is 0.465 e. The zero-order chi connectivity index (χ0) is 12.5. The average molecular weight is 255 g/mol. The van der Waals surface area contributed by atoms with Crippen LogP contribution in [0, 0.1) is 0 Å². The van der Waals surface area contributed by atoms with E-state index in [1.807, 2.05) is 0 Å². The van der Waals surface area contributed by atoms with E-state index in [1.54, 1.807) is 0 Å². The van der Waals surface area contributed by atoms with Gasteiger partial charge in [0.2, 0.25) is 0 Å². The molecule has 0 unspecified atom stereocenters. The maximum atomic E-state index is 12.5. The molecular weight excluding hydrogens is 249 g/mol. The van der Waals surface area contributed by atoms with Crippen molar-refractivity contribution in [2.75, 3.05) is 12.8 Å². The lowest BCUT2D eigenvalue weighted by atomic mass is 10.1. The van der Waals surface area contributed by atoms with Crippen LogP contribution in [0.3, 0.4) is 0 Å². The second-order valence-corrected chi connectivity index (χ2v) is 3.11. The summed E-state index contributed by atoms with van der Waals surface area (Å²) < 4.78 is 41.7. The van der Waals surface area contributed by atoms with Crippen molar-refractivity contribution < 1.29 is 22.7 Å². The van der Waals surface area contributed by atoms with E-state index in [-0.39, 0.29) is 5.82 Å². The number of rotatable bonds is 1. The van der Waals surface area contributed by atoms with Crippen molar-refractivity contribution in [3.8, 4) is 0 Å². The molecule has 88 valence electrons. The molecule has 4 nitrogen and oxygen atoms in total. The fourth-order valence-corrected chi connectivity index (χ4v) is 1.25. The van der Waals surface area contributed by atoms with Gasteiger partial charge in [-0.25, -0.2) is 9.78 Å². The van der Waals surface area contributed by atoms with Crippen molar-refractivity contribution in [1.29, 1.82) is 0 Å². The lowest BCUT2D eigenvalue weighted by molar-refractivity contribution is -0.138. The number of halogens is 4. The zero-order valence-corrected chi connectivity index (χ0v) is 8.69. The molecule has 1 heterocycles. The van der Waals surface area contributed by atoms with Crippen LogP contribution < -0.4 is 5.73 Å². The number of nitrogens with two attached hydrogens (primary N) is 1. The molecule has 0 aliphatic rings. The number of carbonyl (C=O) groups excluding carboxylic acids is 1. The van der Waals surface area contributed by atoms with Gasteiger partial charge in [0, 0.05) is 6.20 Å². The van der Waals surface area contributed by atoms with Crippen molar-refractivity contribution in [3.05, 3.63) is 22.3 Å².